The molecular formula is C27H34N4O5. The first-order valence-corrected chi connectivity index (χ1v) is 12.2. The molecule has 0 aliphatic carbocycles. The van der Waals surface area contributed by atoms with Crippen molar-refractivity contribution in [2.45, 2.75) is 57.7 Å². The van der Waals surface area contributed by atoms with E-state index in [1.54, 1.807) is 11.0 Å². The summed E-state index contributed by atoms with van der Waals surface area (Å²) in [6, 6.07) is 14.8. The van der Waals surface area contributed by atoms with E-state index in [-0.39, 0.29) is 30.6 Å². The Hall–Kier alpha value is -3.75. The van der Waals surface area contributed by atoms with E-state index in [1.807, 2.05) is 70.2 Å². The van der Waals surface area contributed by atoms with Crippen molar-refractivity contribution in [2.24, 2.45) is 0 Å². The Morgan fingerprint density at radius 3 is 2.47 bits per heavy atom. The van der Waals surface area contributed by atoms with Crippen molar-refractivity contribution >= 4 is 29.3 Å². The standard InChI is InChI=1S/C27H34N4O5/c1-18(19-10-11-22-21(16-19)29-23(32)17-35-22)28-24(33)27(30-20-8-6-5-7-9-20)12-14-31(15-13-27)25(34)36-26(2,3)4/h5-11,16,18,30H,12-15,17H2,1-4H3,(H,28,33)(H,29,32). The molecule has 9 nitrogen and oxygen atoms in total. The maximum absolute atomic E-state index is 13.8. The molecule has 1 atom stereocenters. The summed E-state index contributed by atoms with van der Waals surface area (Å²) in [7, 11) is 0. The fraction of sp³-hybridized carbons (Fsp3) is 0.444. The molecular weight excluding hydrogens is 460 g/mol. The topological polar surface area (TPSA) is 109 Å². The second kappa shape index (κ2) is 10.1. The van der Waals surface area contributed by atoms with E-state index < -0.39 is 11.1 Å². The lowest BCUT2D eigenvalue weighted by Crippen LogP contribution is -2.59. The van der Waals surface area contributed by atoms with Crippen LogP contribution in [0, 0.1) is 0 Å². The molecule has 4 rings (SSSR count). The number of para-hydroxylation sites is 1. The number of carbonyl (C=O) groups excluding carboxylic acids is 3. The Kier molecular flexibility index (Phi) is 7.10. The van der Waals surface area contributed by atoms with Crippen LogP contribution >= 0.6 is 0 Å². The minimum Gasteiger partial charge on any atom is -0.482 e. The highest BCUT2D eigenvalue weighted by atomic mass is 16.6. The number of fused-ring (bicyclic) bond motifs is 1. The van der Waals surface area contributed by atoms with Crippen LogP contribution in [0.2, 0.25) is 0 Å². The van der Waals surface area contributed by atoms with Gasteiger partial charge in [0.1, 0.15) is 16.9 Å². The Labute approximate surface area is 211 Å². The average Bonchev–Trinajstić information content (AvgIpc) is 2.83. The molecule has 2 heterocycles. The van der Waals surface area contributed by atoms with Crippen molar-refractivity contribution in [3.8, 4) is 5.75 Å². The van der Waals surface area contributed by atoms with Gasteiger partial charge in [0, 0.05) is 18.8 Å². The van der Waals surface area contributed by atoms with Crippen LogP contribution in [-0.4, -0.2) is 53.6 Å². The summed E-state index contributed by atoms with van der Waals surface area (Å²) < 4.78 is 11.0. The van der Waals surface area contributed by atoms with Gasteiger partial charge in [-0.3, -0.25) is 9.59 Å². The molecule has 2 aromatic rings. The van der Waals surface area contributed by atoms with Gasteiger partial charge in [-0.05, 0) is 70.4 Å². The molecule has 9 heteroatoms. The van der Waals surface area contributed by atoms with Crippen molar-refractivity contribution in [3.63, 3.8) is 0 Å². The van der Waals surface area contributed by atoms with Crippen molar-refractivity contribution in [3.05, 3.63) is 54.1 Å². The highest BCUT2D eigenvalue weighted by molar-refractivity contribution is 5.95. The molecule has 1 saturated heterocycles. The maximum Gasteiger partial charge on any atom is 0.410 e. The van der Waals surface area contributed by atoms with E-state index >= 15 is 0 Å². The van der Waals surface area contributed by atoms with Crippen LogP contribution in [0.5, 0.6) is 5.75 Å². The molecule has 192 valence electrons. The summed E-state index contributed by atoms with van der Waals surface area (Å²) in [5.74, 6) is 0.244. The molecule has 3 amide bonds. The number of piperidine rings is 1. The van der Waals surface area contributed by atoms with Crippen LogP contribution in [0.15, 0.2) is 48.5 Å². The van der Waals surface area contributed by atoms with Crippen LogP contribution in [0.25, 0.3) is 0 Å². The number of carbonyl (C=O) groups is 3. The smallest absolute Gasteiger partial charge is 0.410 e. The van der Waals surface area contributed by atoms with E-state index in [1.165, 1.54) is 0 Å². The molecule has 2 aliphatic rings. The number of likely N-dealkylation sites (tertiary alicyclic amines) is 1. The lowest BCUT2D eigenvalue weighted by molar-refractivity contribution is -0.127. The minimum atomic E-state index is -0.903. The molecule has 2 aromatic carbocycles. The largest absolute Gasteiger partial charge is 0.482 e. The van der Waals surface area contributed by atoms with Crippen molar-refractivity contribution in [1.82, 2.24) is 10.2 Å². The summed E-state index contributed by atoms with van der Waals surface area (Å²) in [6.07, 6.45) is 0.476. The Bertz CT molecular complexity index is 1120. The van der Waals surface area contributed by atoms with E-state index in [9.17, 15) is 14.4 Å². The number of anilines is 2. The van der Waals surface area contributed by atoms with E-state index in [0.717, 1.165) is 11.3 Å². The number of hydrogen-bond acceptors (Lipinski definition) is 6. The molecule has 0 aromatic heterocycles. The van der Waals surface area contributed by atoms with Gasteiger partial charge < -0.3 is 30.3 Å². The molecule has 0 radical (unpaired) electrons. The van der Waals surface area contributed by atoms with E-state index in [2.05, 4.69) is 16.0 Å². The summed E-state index contributed by atoms with van der Waals surface area (Å²) >= 11 is 0. The first-order chi connectivity index (χ1) is 17.0. The molecule has 0 spiro atoms. The predicted molar refractivity (Wildman–Crippen MR) is 137 cm³/mol. The van der Waals surface area contributed by atoms with Gasteiger partial charge in [0.25, 0.3) is 5.91 Å². The first-order valence-electron chi connectivity index (χ1n) is 12.2. The van der Waals surface area contributed by atoms with Gasteiger partial charge in [-0.25, -0.2) is 4.79 Å². The summed E-state index contributed by atoms with van der Waals surface area (Å²) in [4.78, 5) is 39.7. The second-order valence-corrected chi connectivity index (χ2v) is 10.3. The van der Waals surface area contributed by atoms with Crippen molar-refractivity contribution in [2.75, 3.05) is 30.3 Å². The van der Waals surface area contributed by atoms with Gasteiger partial charge in [-0.15, -0.1) is 0 Å². The van der Waals surface area contributed by atoms with Crippen LogP contribution in [0.4, 0.5) is 16.2 Å². The number of rotatable bonds is 5. The van der Waals surface area contributed by atoms with Gasteiger partial charge in [0.15, 0.2) is 6.61 Å². The molecule has 1 fully saturated rings. The molecule has 0 saturated carbocycles. The average molecular weight is 495 g/mol. The zero-order chi connectivity index (χ0) is 25.9. The number of nitrogens with zero attached hydrogens (tertiary/aromatic N) is 1. The van der Waals surface area contributed by atoms with Crippen molar-refractivity contribution < 1.29 is 23.9 Å². The SMILES string of the molecule is CC(NC(=O)C1(Nc2ccccc2)CCN(C(=O)OC(C)(C)C)CC1)c1ccc2c(c1)NC(=O)CO2. The third-order valence-electron chi connectivity index (χ3n) is 6.34. The van der Waals surface area contributed by atoms with Crippen molar-refractivity contribution in [1.29, 1.82) is 0 Å². The summed E-state index contributed by atoms with van der Waals surface area (Å²) in [5.41, 5.74) is 0.779. The number of nitrogens with one attached hydrogen (secondary N) is 3. The van der Waals surface area contributed by atoms with Crippen LogP contribution in [-0.2, 0) is 14.3 Å². The Morgan fingerprint density at radius 2 is 1.81 bits per heavy atom. The van der Waals surface area contributed by atoms with Crippen LogP contribution in [0.3, 0.4) is 0 Å². The molecule has 36 heavy (non-hydrogen) atoms. The van der Waals surface area contributed by atoms with Gasteiger partial charge in [0.05, 0.1) is 11.7 Å². The fourth-order valence-corrected chi connectivity index (χ4v) is 4.39. The Morgan fingerprint density at radius 1 is 1.11 bits per heavy atom. The van der Waals surface area contributed by atoms with Crippen LogP contribution in [0.1, 0.15) is 52.1 Å². The monoisotopic (exact) mass is 494 g/mol. The number of ether oxygens (including phenoxy) is 2. The normalized spacial score (nSPS) is 17.7. The zero-order valence-corrected chi connectivity index (χ0v) is 21.2. The number of hydrogen-bond donors (Lipinski definition) is 3. The predicted octanol–water partition coefficient (Wildman–Crippen LogP) is 4.08. The third-order valence-corrected chi connectivity index (χ3v) is 6.34. The van der Waals surface area contributed by atoms with E-state index in [4.69, 9.17) is 9.47 Å². The Balaban J connectivity index is 1.50. The fourth-order valence-electron chi connectivity index (χ4n) is 4.39. The van der Waals surface area contributed by atoms with Gasteiger partial charge in [-0.1, -0.05) is 24.3 Å². The quantitative estimate of drug-likeness (QED) is 0.578. The summed E-state index contributed by atoms with van der Waals surface area (Å²) in [5, 5.41) is 9.39. The summed E-state index contributed by atoms with van der Waals surface area (Å²) in [6.45, 7) is 8.18. The van der Waals surface area contributed by atoms with Crippen LogP contribution < -0.4 is 20.7 Å². The highest BCUT2D eigenvalue weighted by Gasteiger charge is 2.43. The minimum absolute atomic E-state index is 0.00732. The molecule has 3 N–H and O–H groups in total. The second-order valence-electron chi connectivity index (χ2n) is 10.3. The lowest BCUT2D eigenvalue weighted by Gasteiger charge is -2.42. The maximum atomic E-state index is 13.8. The zero-order valence-electron chi connectivity index (χ0n) is 21.2. The lowest BCUT2D eigenvalue weighted by atomic mass is 9.85. The van der Waals surface area contributed by atoms with Gasteiger partial charge in [0.2, 0.25) is 5.91 Å². The number of benzene rings is 2. The third kappa shape index (κ3) is 5.90. The number of amides is 3. The van der Waals surface area contributed by atoms with Gasteiger partial charge >= 0.3 is 6.09 Å². The molecule has 1 unspecified atom stereocenters. The van der Waals surface area contributed by atoms with E-state index in [0.29, 0.717) is 37.4 Å². The van der Waals surface area contributed by atoms with Gasteiger partial charge in [-0.2, -0.15) is 0 Å². The molecule has 2 aliphatic heterocycles. The highest BCUT2D eigenvalue weighted by Crippen LogP contribution is 2.32. The molecule has 0 bridgehead atoms. The first kappa shape index (κ1) is 25.3.